The van der Waals surface area contributed by atoms with Crippen molar-refractivity contribution in [1.82, 2.24) is 0 Å². The van der Waals surface area contributed by atoms with E-state index < -0.39 is 6.10 Å². The first-order chi connectivity index (χ1) is 4.72. The van der Waals surface area contributed by atoms with Crippen LogP contribution in [-0.2, 0) is 0 Å². The number of hydrogen-bond acceptors (Lipinski definition) is 2. The van der Waals surface area contributed by atoms with Crippen molar-refractivity contribution in [2.75, 3.05) is 6.61 Å². The van der Waals surface area contributed by atoms with Gasteiger partial charge in [0.1, 0.15) is 0 Å². The van der Waals surface area contributed by atoms with Crippen molar-refractivity contribution in [2.45, 2.75) is 32.3 Å². The molecular weight excluding hydrogens is 128 g/mol. The Morgan fingerprint density at radius 1 is 1.60 bits per heavy atom. The summed E-state index contributed by atoms with van der Waals surface area (Å²) < 4.78 is 0. The van der Waals surface area contributed by atoms with Gasteiger partial charge in [0.25, 0.3) is 0 Å². The third-order valence-electron chi connectivity index (χ3n) is 1.51. The summed E-state index contributed by atoms with van der Waals surface area (Å²) >= 11 is 0. The van der Waals surface area contributed by atoms with Gasteiger partial charge in [-0.25, -0.2) is 0 Å². The molecule has 2 nitrogen and oxygen atoms in total. The van der Waals surface area contributed by atoms with Gasteiger partial charge in [-0.05, 0) is 12.0 Å². The molecule has 0 aliphatic rings. The molecule has 0 heterocycles. The Kier molecular flexibility index (Phi) is 5.26. The topological polar surface area (TPSA) is 40.5 Å². The molecule has 1 atom stereocenters. The van der Waals surface area contributed by atoms with E-state index in [2.05, 4.69) is 13.5 Å². The van der Waals surface area contributed by atoms with Gasteiger partial charge in [-0.1, -0.05) is 26.3 Å². The quantitative estimate of drug-likeness (QED) is 0.567. The van der Waals surface area contributed by atoms with Crippen molar-refractivity contribution < 1.29 is 10.2 Å². The van der Waals surface area contributed by atoms with Crippen LogP contribution in [0.25, 0.3) is 0 Å². The Hall–Kier alpha value is -0.340. The van der Waals surface area contributed by atoms with Gasteiger partial charge in [-0.2, -0.15) is 0 Å². The Balaban J connectivity index is 3.41. The van der Waals surface area contributed by atoms with Gasteiger partial charge in [-0.15, -0.1) is 0 Å². The SMILES string of the molecule is C=C(CO)[C@@H](O)CCCC. The highest BCUT2D eigenvalue weighted by molar-refractivity contribution is 5.00. The van der Waals surface area contributed by atoms with E-state index in [0.29, 0.717) is 5.57 Å². The minimum absolute atomic E-state index is 0.106. The molecule has 0 aliphatic heterocycles. The second-order valence-electron chi connectivity index (χ2n) is 2.47. The van der Waals surface area contributed by atoms with Crippen molar-refractivity contribution in [3.05, 3.63) is 12.2 Å². The zero-order valence-electron chi connectivity index (χ0n) is 6.51. The molecule has 0 spiro atoms. The Morgan fingerprint density at radius 2 is 2.20 bits per heavy atom. The van der Waals surface area contributed by atoms with Crippen LogP contribution in [0, 0.1) is 0 Å². The number of aliphatic hydroxyl groups excluding tert-OH is 2. The molecule has 0 saturated carbocycles. The van der Waals surface area contributed by atoms with Crippen LogP contribution in [0.3, 0.4) is 0 Å². The molecular formula is C8H16O2. The van der Waals surface area contributed by atoms with E-state index in [1.165, 1.54) is 0 Å². The highest BCUT2D eigenvalue weighted by Gasteiger charge is 2.05. The second-order valence-corrected chi connectivity index (χ2v) is 2.47. The van der Waals surface area contributed by atoms with Crippen LogP contribution < -0.4 is 0 Å². The molecule has 0 rings (SSSR count). The molecule has 0 bridgehead atoms. The Morgan fingerprint density at radius 3 is 2.60 bits per heavy atom. The Bertz CT molecular complexity index is 99.4. The zero-order chi connectivity index (χ0) is 7.98. The molecule has 0 fully saturated rings. The summed E-state index contributed by atoms with van der Waals surface area (Å²) in [7, 11) is 0. The summed E-state index contributed by atoms with van der Waals surface area (Å²) in [6.07, 6.45) is 2.26. The van der Waals surface area contributed by atoms with E-state index in [1.807, 2.05) is 0 Å². The maximum Gasteiger partial charge on any atom is 0.0769 e. The molecule has 2 heteroatoms. The fraction of sp³-hybridized carbons (Fsp3) is 0.750. The summed E-state index contributed by atoms with van der Waals surface area (Å²) in [6, 6.07) is 0. The van der Waals surface area contributed by atoms with E-state index in [-0.39, 0.29) is 6.61 Å². The van der Waals surface area contributed by atoms with Crippen LogP contribution in [-0.4, -0.2) is 22.9 Å². The van der Waals surface area contributed by atoms with Gasteiger partial charge < -0.3 is 10.2 Å². The van der Waals surface area contributed by atoms with E-state index in [4.69, 9.17) is 5.11 Å². The molecule has 60 valence electrons. The van der Waals surface area contributed by atoms with Crippen molar-refractivity contribution in [3.63, 3.8) is 0 Å². The van der Waals surface area contributed by atoms with Crippen LogP contribution in [0.15, 0.2) is 12.2 Å². The monoisotopic (exact) mass is 144 g/mol. The van der Waals surface area contributed by atoms with Crippen molar-refractivity contribution in [2.24, 2.45) is 0 Å². The zero-order valence-corrected chi connectivity index (χ0v) is 6.51. The van der Waals surface area contributed by atoms with Crippen molar-refractivity contribution in [3.8, 4) is 0 Å². The number of unbranched alkanes of at least 4 members (excludes halogenated alkanes) is 1. The first-order valence-corrected chi connectivity index (χ1v) is 3.69. The number of rotatable bonds is 5. The summed E-state index contributed by atoms with van der Waals surface area (Å²) in [6.45, 7) is 5.48. The number of hydrogen-bond donors (Lipinski definition) is 2. The Labute approximate surface area is 62.2 Å². The molecule has 0 aromatic rings. The predicted octanol–water partition coefficient (Wildman–Crippen LogP) is 1.09. The molecule has 0 aromatic heterocycles. The maximum absolute atomic E-state index is 9.19. The maximum atomic E-state index is 9.19. The van der Waals surface area contributed by atoms with Crippen LogP contribution in [0.2, 0.25) is 0 Å². The predicted molar refractivity (Wildman–Crippen MR) is 41.8 cm³/mol. The van der Waals surface area contributed by atoms with Gasteiger partial charge in [0.2, 0.25) is 0 Å². The number of aliphatic hydroxyl groups is 2. The average molecular weight is 144 g/mol. The summed E-state index contributed by atoms with van der Waals surface area (Å²) in [4.78, 5) is 0. The third-order valence-corrected chi connectivity index (χ3v) is 1.51. The second kappa shape index (κ2) is 5.45. The molecule has 0 amide bonds. The molecule has 0 aromatic carbocycles. The lowest BCUT2D eigenvalue weighted by atomic mass is 10.1. The van der Waals surface area contributed by atoms with Crippen LogP contribution in [0.5, 0.6) is 0 Å². The van der Waals surface area contributed by atoms with Crippen molar-refractivity contribution in [1.29, 1.82) is 0 Å². The first-order valence-electron chi connectivity index (χ1n) is 3.69. The first kappa shape index (κ1) is 9.66. The van der Waals surface area contributed by atoms with Gasteiger partial charge in [0, 0.05) is 0 Å². The average Bonchev–Trinajstić information content (AvgIpc) is 1.98. The molecule has 0 aliphatic carbocycles. The van der Waals surface area contributed by atoms with Gasteiger partial charge in [0.15, 0.2) is 0 Å². The van der Waals surface area contributed by atoms with Crippen LogP contribution in [0.1, 0.15) is 26.2 Å². The van der Waals surface area contributed by atoms with Gasteiger partial charge in [0.05, 0.1) is 12.7 Å². The molecule has 0 saturated heterocycles. The molecule has 10 heavy (non-hydrogen) atoms. The van der Waals surface area contributed by atoms with E-state index in [0.717, 1.165) is 19.3 Å². The lowest BCUT2D eigenvalue weighted by molar-refractivity contribution is 0.176. The smallest absolute Gasteiger partial charge is 0.0769 e. The highest BCUT2D eigenvalue weighted by Crippen LogP contribution is 2.06. The molecule has 0 unspecified atom stereocenters. The summed E-state index contributed by atoms with van der Waals surface area (Å²) in [5.74, 6) is 0. The van der Waals surface area contributed by atoms with Crippen LogP contribution in [0.4, 0.5) is 0 Å². The fourth-order valence-corrected chi connectivity index (χ4v) is 0.707. The standard InChI is InChI=1S/C8H16O2/c1-3-4-5-8(10)7(2)6-9/h8-10H,2-6H2,1H3/t8-/m0/s1. The van der Waals surface area contributed by atoms with Gasteiger partial charge >= 0.3 is 0 Å². The van der Waals surface area contributed by atoms with E-state index in [1.54, 1.807) is 0 Å². The minimum Gasteiger partial charge on any atom is -0.392 e. The van der Waals surface area contributed by atoms with E-state index in [9.17, 15) is 5.11 Å². The fourth-order valence-electron chi connectivity index (χ4n) is 0.707. The molecule has 2 N–H and O–H groups in total. The normalized spacial score (nSPS) is 13.1. The van der Waals surface area contributed by atoms with Crippen LogP contribution >= 0.6 is 0 Å². The van der Waals surface area contributed by atoms with Crippen molar-refractivity contribution >= 4 is 0 Å². The summed E-state index contributed by atoms with van der Waals surface area (Å²) in [5.41, 5.74) is 0.522. The lowest BCUT2D eigenvalue weighted by Crippen LogP contribution is -2.11. The largest absolute Gasteiger partial charge is 0.392 e. The van der Waals surface area contributed by atoms with Gasteiger partial charge in [-0.3, -0.25) is 0 Å². The summed E-state index contributed by atoms with van der Waals surface area (Å²) in [5, 5.41) is 17.7. The highest BCUT2D eigenvalue weighted by atomic mass is 16.3. The molecule has 0 radical (unpaired) electrons. The minimum atomic E-state index is -0.509. The van der Waals surface area contributed by atoms with E-state index >= 15 is 0 Å². The lowest BCUT2D eigenvalue weighted by Gasteiger charge is -2.09. The third kappa shape index (κ3) is 3.64.